The first-order valence-corrected chi connectivity index (χ1v) is 10.9. The highest BCUT2D eigenvalue weighted by atomic mass is 16.5. The molecular formula is C23H24N8O3. The molecule has 0 spiro atoms. The van der Waals surface area contributed by atoms with Crippen LogP contribution in [0.25, 0.3) is 22.8 Å². The topological polar surface area (TPSA) is 135 Å². The summed E-state index contributed by atoms with van der Waals surface area (Å²) in [7, 11) is 1.64. The van der Waals surface area contributed by atoms with Crippen LogP contribution in [-0.2, 0) is 16.9 Å². The molecule has 0 saturated carbocycles. The number of likely N-dealkylation sites (N-methyl/N-ethyl adjacent to an activating group) is 1. The lowest BCUT2D eigenvalue weighted by Crippen LogP contribution is -2.35. The summed E-state index contributed by atoms with van der Waals surface area (Å²) in [6.07, 6.45) is 3.65. The van der Waals surface area contributed by atoms with Crippen LogP contribution in [0.1, 0.15) is 24.8 Å². The Kier molecular flexibility index (Phi) is 5.33. The fourth-order valence-electron chi connectivity index (χ4n) is 3.96. The number of hydrogen-bond acceptors (Lipinski definition) is 9. The number of likely N-dealkylation sites (tertiary alicyclic amines) is 1. The van der Waals surface area contributed by atoms with E-state index in [1.54, 1.807) is 37.6 Å². The molecule has 11 heteroatoms. The lowest BCUT2D eigenvalue weighted by atomic mass is 9.98. The molecule has 1 unspecified atom stereocenters. The maximum Gasteiger partial charge on any atom is 0.262 e. The maximum atomic E-state index is 12.4. The normalized spacial score (nSPS) is 18.0. The summed E-state index contributed by atoms with van der Waals surface area (Å²) in [6.45, 7) is 5.23. The molecule has 1 aliphatic heterocycles. The maximum absolute atomic E-state index is 12.4. The Morgan fingerprint density at radius 1 is 1.18 bits per heavy atom. The average Bonchev–Trinajstić information content (AvgIpc) is 3.56. The Bertz CT molecular complexity index is 1360. The van der Waals surface area contributed by atoms with Gasteiger partial charge in [0, 0.05) is 38.8 Å². The standard InChI is InChI=1S/C23H24N8O3/c1-4-31-14(2)19(13-25-31)28-22-24-10-8-17(27-22)15-6-5-7-16(26-15)18-12-20(34-29-18)23(33)9-11-30(3)21(23)32/h5-8,10,12-13,33H,4,9,11H2,1-3H3,(H,24,27,28). The van der Waals surface area contributed by atoms with Gasteiger partial charge in [0.1, 0.15) is 5.69 Å². The largest absolute Gasteiger partial charge is 0.373 e. The van der Waals surface area contributed by atoms with Crippen LogP contribution in [0.4, 0.5) is 11.6 Å². The minimum atomic E-state index is -1.70. The van der Waals surface area contributed by atoms with Crippen molar-refractivity contribution in [2.45, 2.75) is 32.4 Å². The fraction of sp³-hybridized carbons (Fsp3) is 0.304. The molecular weight excluding hydrogens is 436 g/mol. The van der Waals surface area contributed by atoms with Gasteiger partial charge in [0.25, 0.3) is 5.91 Å². The van der Waals surface area contributed by atoms with Gasteiger partial charge < -0.3 is 19.8 Å². The summed E-state index contributed by atoms with van der Waals surface area (Å²) in [6, 6.07) is 8.77. The van der Waals surface area contributed by atoms with Crippen LogP contribution >= 0.6 is 0 Å². The van der Waals surface area contributed by atoms with E-state index in [-0.39, 0.29) is 12.2 Å². The van der Waals surface area contributed by atoms with Crippen LogP contribution in [-0.4, -0.2) is 59.4 Å². The first kappa shape index (κ1) is 21.7. The van der Waals surface area contributed by atoms with Crippen molar-refractivity contribution in [3.63, 3.8) is 0 Å². The highest BCUT2D eigenvalue weighted by molar-refractivity contribution is 5.87. The lowest BCUT2D eigenvalue weighted by molar-refractivity contribution is -0.144. The Labute approximate surface area is 195 Å². The first-order valence-electron chi connectivity index (χ1n) is 10.9. The van der Waals surface area contributed by atoms with Gasteiger partial charge in [0.2, 0.25) is 11.5 Å². The summed E-state index contributed by atoms with van der Waals surface area (Å²) in [5, 5.41) is 22.4. The van der Waals surface area contributed by atoms with Crippen molar-refractivity contribution in [2.75, 3.05) is 18.9 Å². The predicted octanol–water partition coefficient (Wildman–Crippen LogP) is 2.51. The molecule has 4 aromatic rings. The van der Waals surface area contributed by atoms with E-state index in [0.29, 0.717) is 35.3 Å². The summed E-state index contributed by atoms with van der Waals surface area (Å²) in [4.78, 5) is 27.4. The highest BCUT2D eigenvalue weighted by Gasteiger charge is 2.48. The van der Waals surface area contributed by atoms with Gasteiger partial charge in [-0.15, -0.1) is 0 Å². The zero-order chi connectivity index (χ0) is 23.9. The third-order valence-corrected chi connectivity index (χ3v) is 6.01. The number of carbonyl (C=O) groups excluding carboxylic acids is 1. The van der Waals surface area contributed by atoms with Gasteiger partial charge in [-0.3, -0.25) is 9.48 Å². The Morgan fingerprint density at radius 2 is 1.94 bits per heavy atom. The molecule has 174 valence electrons. The van der Waals surface area contributed by atoms with Crippen molar-refractivity contribution < 1.29 is 14.4 Å². The molecule has 0 aromatic carbocycles. The number of hydrogen-bond donors (Lipinski definition) is 2. The molecule has 1 fully saturated rings. The molecule has 2 N–H and O–H groups in total. The molecule has 1 atom stereocenters. The van der Waals surface area contributed by atoms with Gasteiger partial charge in [0.15, 0.2) is 5.76 Å². The molecule has 5 heterocycles. The second-order valence-electron chi connectivity index (χ2n) is 8.17. The number of rotatable bonds is 6. The molecule has 0 radical (unpaired) electrons. The number of nitrogens with zero attached hydrogens (tertiary/aromatic N) is 7. The van der Waals surface area contributed by atoms with Gasteiger partial charge >= 0.3 is 0 Å². The summed E-state index contributed by atoms with van der Waals surface area (Å²) >= 11 is 0. The molecule has 11 nitrogen and oxygen atoms in total. The van der Waals surface area contributed by atoms with Gasteiger partial charge in [-0.1, -0.05) is 11.2 Å². The molecule has 0 bridgehead atoms. The molecule has 4 aromatic heterocycles. The van der Waals surface area contributed by atoms with Crippen LogP contribution < -0.4 is 5.32 Å². The number of aromatic nitrogens is 6. The molecule has 0 aliphatic carbocycles. The van der Waals surface area contributed by atoms with E-state index >= 15 is 0 Å². The molecule has 1 saturated heterocycles. The molecule has 34 heavy (non-hydrogen) atoms. The Hall–Kier alpha value is -4.12. The van der Waals surface area contributed by atoms with Crippen molar-refractivity contribution >= 4 is 17.5 Å². The number of anilines is 2. The molecule has 1 aliphatic rings. The second kappa shape index (κ2) is 8.34. The smallest absolute Gasteiger partial charge is 0.262 e. The number of carbonyl (C=O) groups is 1. The van der Waals surface area contributed by atoms with Gasteiger partial charge in [0.05, 0.1) is 34.7 Å². The van der Waals surface area contributed by atoms with Crippen molar-refractivity contribution in [3.05, 3.63) is 54.2 Å². The Balaban J connectivity index is 1.41. The van der Waals surface area contributed by atoms with E-state index in [9.17, 15) is 9.90 Å². The van der Waals surface area contributed by atoms with Gasteiger partial charge in [-0.05, 0) is 32.0 Å². The lowest BCUT2D eigenvalue weighted by Gasteiger charge is -2.16. The SMILES string of the molecule is CCn1ncc(Nc2nccc(-c3cccc(-c4cc(C5(O)CCN(C)C5=O)on4)n3)n2)c1C. The summed E-state index contributed by atoms with van der Waals surface area (Å²) in [5.74, 6) is 0.136. The number of aryl methyl sites for hydroxylation is 1. The number of aliphatic hydroxyl groups is 1. The van der Waals surface area contributed by atoms with Crippen molar-refractivity contribution in [2.24, 2.45) is 0 Å². The van der Waals surface area contributed by atoms with Gasteiger partial charge in [-0.25, -0.2) is 15.0 Å². The van der Waals surface area contributed by atoms with Crippen LogP contribution in [0.5, 0.6) is 0 Å². The zero-order valence-corrected chi connectivity index (χ0v) is 19.1. The van der Waals surface area contributed by atoms with Crippen LogP contribution in [0, 0.1) is 6.92 Å². The van der Waals surface area contributed by atoms with Crippen LogP contribution in [0.3, 0.4) is 0 Å². The van der Waals surface area contributed by atoms with E-state index in [4.69, 9.17) is 4.52 Å². The average molecular weight is 460 g/mol. The zero-order valence-electron chi connectivity index (χ0n) is 19.1. The third kappa shape index (κ3) is 3.69. The third-order valence-electron chi connectivity index (χ3n) is 6.01. The highest BCUT2D eigenvalue weighted by Crippen LogP contribution is 2.34. The summed E-state index contributed by atoms with van der Waals surface area (Å²) < 4.78 is 7.23. The number of amides is 1. The van der Waals surface area contributed by atoms with E-state index < -0.39 is 11.5 Å². The monoisotopic (exact) mass is 460 g/mol. The van der Waals surface area contributed by atoms with E-state index in [0.717, 1.165) is 17.9 Å². The van der Waals surface area contributed by atoms with Crippen molar-refractivity contribution in [1.82, 2.24) is 34.8 Å². The first-order chi connectivity index (χ1) is 16.4. The second-order valence-corrected chi connectivity index (χ2v) is 8.17. The van der Waals surface area contributed by atoms with Gasteiger partial charge in [-0.2, -0.15) is 5.10 Å². The number of nitrogens with one attached hydrogen (secondary N) is 1. The minimum absolute atomic E-state index is 0.112. The predicted molar refractivity (Wildman–Crippen MR) is 123 cm³/mol. The van der Waals surface area contributed by atoms with Crippen LogP contribution in [0.15, 0.2) is 47.2 Å². The van der Waals surface area contributed by atoms with E-state index in [2.05, 4.69) is 30.5 Å². The van der Waals surface area contributed by atoms with E-state index in [1.807, 2.05) is 30.7 Å². The quantitative estimate of drug-likeness (QED) is 0.445. The van der Waals surface area contributed by atoms with Crippen molar-refractivity contribution in [1.29, 1.82) is 0 Å². The summed E-state index contributed by atoms with van der Waals surface area (Å²) in [5.41, 5.74) is 2.31. The Morgan fingerprint density at radius 3 is 2.65 bits per heavy atom. The molecule has 1 amide bonds. The van der Waals surface area contributed by atoms with Crippen molar-refractivity contribution in [3.8, 4) is 22.8 Å². The number of pyridine rings is 1. The van der Waals surface area contributed by atoms with Crippen LogP contribution in [0.2, 0.25) is 0 Å². The minimum Gasteiger partial charge on any atom is -0.373 e. The fourth-order valence-corrected chi connectivity index (χ4v) is 3.96. The van der Waals surface area contributed by atoms with E-state index in [1.165, 1.54) is 4.90 Å². The molecule has 5 rings (SSSR count).